The standard InChI is InChI=1S/C11H17NO/c1-7-5-4-6-10(8(7)2)11(12)9(3)13/h4-6,9,11,13H,12H2,1-3H3/t9-,11+/m1/s1. The summed E-state index contributed by atoms with van der Waals surface area (Å²) in [5.41, 5.74) is 9.29. The monoisotopic (exact) mass is 179 g/mol. The lowest BCUT2D eigenvalue weighted by Crippen LogP contribution is -2.24. The van der Waals surface area contributed by atoms with Crippen molar-refractivity contribution >= 4 is 0 Å². The number of rotatable bonds is 2. The van der Waals surface area contributed by atoms with E-state index < -0.39 is 6.10 Å². The molecule has 0 unspecified atom stereocenters. The minimum atomic E-state index is -0.500. The van der Waals surface area contributed by atoms with Gasteiger partial charge in [-0.25, -0.2) is 0 Å². The summed E-state index contributed by atoms with van der Waals surface area (Å²) in [6.45, 7) is 5.80. The summed E-state index contributed by atoms with van der Waals surface area (Å²) in [7, 11) is 0. The second kappa shape index (κ2) is 3.90. The summed E-state index contributed by atoms with van der Waals surface area (Å²) in [6, 6.07) is 5.72. The van der Waals surface area contributed by atoms with E-state index in [0.29, 0.717) is 0 Å². The quantitative estimate of drug-likeness (QED) is 0.725. The molecule has 1 aromatic carbocycles. The van der Waals surface area contributed by atoms with Crippen LogP contribution in [-0.4, -0.2) is 11.2 Å². The van der Waals surface area contributed by atoms with Crippen molar-refractivity contribution in [2.75, 3.05) is 0 Å². The zero-order valence-electron chi connectivity index (χ0n) is 8.41. The fourth-order valence-electron chi connectivity index (χ4n) is 1.39. The SMILES string of the molecule is Cc1cccc([C@@H](N)[C@@H](C)O)c1C. The van der Waals surface area contributed by atoms with E-state index in [0.717, 1.165) is 5.56 Å². The maximum absolute atomic E-state index is 9.36. The number of nitrogens with two attached hydrogens (primary N) is 1. The summed E-state index contributed by atoms with van der Waals surface area (Å²) < 4.78 is 0. The predicted molar refractivity (Wildman–Crippen MR) is 54.5 cm³/mol. The molecular weight excluding hydrogens is 162 g/mol. The van der Waals surface area contributed by atoms with Gasteiger partial charge in [0.15, 0.2) is 0 Å². The van der Waals surface area contributed by atoms with Crippen molar-refractivity contribution in [2.45, 2.75) is 32.9 Å². The number of aliphatic hydroxyl groups is 1. The Kier molecular flexibility index (Phi) is 3.07. The lowest BCUT2D eigenvalue weighted by Gasteiger charge is -2.18. The van der Waals surface area contributed by atoms with Gasteiger partial charge in [-0.3, -0.25) is 0 Å². The van der Waals surface area contributed by atoms with E-state index in [1.807, 2.05) is 32.0 Å². The zero-order chi connectivity index (χ0) is 10.0. The van der Waals surface area contributed by atoms with Crippen LogP contribution in [-0.2, 0) is 0 Å². The molecular formula is C11H17NO. The maximum atomic E-state index is 9.36. The fraction of sp³-hybridized carbons (Fsp3) is 0.455. The molecule has 0 saturated heterocycles. The molecule has 0 aliphatic rings. The summed E-state index contributed by atoms with van der Waals surface area (Å²) in [5, 5.41) is 9.36. The van der Waals surface area contributed by atoms with Gasteiger partial charge in [-0.2, -0.15) is 0 Å². The van der Waals surface area contributed by atoms with Gasteiger partial charge < -0.3 is 10.8 Å². The molecule has 0 amide bonds. The van der Waals surface area contributed by atoms with Crippen molar-refractivity contribution in [1.82, 2.24) is 0 Å². The average molecular weight is 179 g/mol. The number of aryl methyl sites for hydroxylation is 1. The maximum Gasteiger partial charge on any atom is 0.0704 e. The molecule has 13 heavy (non-hydrogen) atoms. The molecule has 1 aromatic rings. The highest BCUT2D eigenvalue weighted by Crippen LogP contribution is 2.20. The van der Waals surface area contributed by atoms with Gasteiger partial charge in [0.05, 0.1) is 12.1 Å². The zero-order valence-corrected chi connectivity index (χ0v) is 8.41. The Morgan fingerprint density at radius 3 is 2.46 bits per heavy atom. The van der Waals surface area contributed by atoms with Crippen LogP contribution in [0.3, 0.4) is 0 Å². The second-order valence-electron chi connectivity index (χ2n) is 3.56. The Labute approximate surface area is 79.4 Å². The second-order valence-corrected chi connectivity index (χ2v) is 3.56. The Morgan fingerprint density at radius 2 is 1.92 bits per heavy atom. The molecule has 0 bridgehead atoms. The van der Waals surface area contributed by atoms with E-state index in [9.17, 15) is 5.11 Å². The lowest BCUT2D eigenvalue weighted by molar-refractivity contribution is 0.164. The highest BCUT2D eigenvalue weighted by Gasteiger charge is 2.14. The van der Waals surface area contributed by atoms with Crippen LogP contribution in [0.5, 0.6) is 0 Å². The molecule has 0 aliphatic carbocycles. The number of benzene rings is 1. The largest absolute Gasteiger partial charge is 0.391 e. The Bertz CT molecular complexity index is 294. The Morgan fingerprint density at radius 1 is 1.31 bits per heavy atom. The van der Waals surface area contributed by atoms with Crippen molar-refractivity contribution in [3.63, 3.8) is 0 Å². The Balaban J connectivity index is 3.07. The van der Waals surface area contributed by atoms with Crippen LogP contribution in [0, 0.1) is 13.8 Å². The third-order valence-electron chi connectivity index (χ3n) is 2.53. The van der Waals surface area contributed by atoms with E-state index in [1.54, 1.807) is 6.92 Å². The molecule has 2 nitrogen and oxygen atoms in total. The van der Waals surface area contributed by atoms with Gasteiger partial charge in [0.25, 0.3) is 0 Å². The van der Waals surface area contributed by atoms with Gasteiger partial charge in [-0.05, 0) is 37.5 Å². The number of hydrogen-bond acceptors (Lipinski definition) is 2. The molecule has 2 atom stereocenters. The van der Waals surface area contributed by atoms with Gasteiger partial charge in [0.2, 0.25) is 0 Å². The number of aliphatic hydroxyl groups excluding tert-OH is 1. The first-order valence-corrected chi connectivity index (χ1v) is 4.53. The first kappa shape index (κ1) is 10.2. The first-order chi connectivity index (χ1) is 6.04. The molecule has 0 saturated carbocycles. The van der Waals surface area contributed by atoms with Gasteiger partial charge in [-0.15, -0.1) is 0 Å². The molecule has 0 aromatic heterocycles. The molecule has 0 aliphatic heterocycles. The molecule has 1 rings (SSSR count). The normalized spacial score (nSPS) is 15.5. The van der Waals surface area contributed by atoms with Crippen molar-refractivity contribution in [1.29, 1.82) is 0 Å². The molecule has 72 valence electrons. The van der Waals surface area contributed by atoms with Crippen LogP contribution in [0.15, 0.2) is 18.2 Å². The van der Waals surface area contributed by atoms with Crippen molar-refractivity contribution in [3.8, 4) is 0 Å². The van der Waals surface area contributed by atoms with Gasteiger partial charge in [-0.1, -0.05) is 18.2 Å². The predicted octanol–water partition coefficient (Wildman–Crippen LogP) is 1.68. The highest BCUT2D eigenvalue weighted by atomic mass is 16.3. The topological polar surface area (TPSA) is 46.2 Å². The lowest BCUT2D eigenvalue weighted by atomic mass is 9.95. The van der Waals surface area contributed by atoms with Gasteiger partial charge in [0, 0.05) is 0 Å². The number of hydrogen-bond donors (Lipinski definition) is 2. The van der Waals surface area contributed by atoms with Crippen LogP contribution in [0.25, 0.3) is 0 Å². The third-order valence-corrected chi connectivity index (χ3v) is 2.53. The highest BCUT2D eigenvalue weighted by molar-refractivity contribution is 5.35. The summed E-state index contributed by atoms with van der Waals surface area (Å²) in [6.07, 6.45) is -0.500. The van der Waals surface area contributed by atoms with E-state index in [-0.39, 0.29) is 6.04 Å². The van der Waals surface area contributed by atoms with Crippen LogP contribution in [0.1, 0.15) is 29.7 Å². The summed E-state index contributed by atoms with van der Waals surface area (Å²) in [4.78, 5) is 0. The minimum absolute atomic E-state index is 0.278. The van der Waals surface area contributed by atoms with Crippen LogP contribution in [0.4, 0.5) is 0 Å². The van der Waals surface area contributed by atoms with Gasteiger partial charge >= 0.3 is 0 Å². The minimum Gasteiger partial charge on any atom is -0.391 e. The molecule has 3 N–H and O–H groups in total. The van der Waals surface area contributed by atoms with Crippen LogP contribution >= 0.6 is 0 Å². The van der Waals surface area contributed by atoms with Crippen LogP contribution in [0.2, 0.25) is 0 Å². The van der Waals surface area contributed by atoms with Crippen LogP contribution < -0.4 is 5.73 Å². The van der Waals surface area contributed by atoms with Crippen molar-refractivity contribution in [2.24, 2.45) is 5.73 Å². The fourth-order valence-corrected chi connectivity index (χ4v) is 1.39. The summed E-state index contributed by atoms with van der Waals surface area (Å²) >= 11 is 0. The van der Waals surface area contributed by atoms with Gasteiger partial charge in [0.1, 0.15) is 0 Å². The van der Waals surface area contributed by atoms with Crippen molar-refractivity contribution in [3.05, 3.63) is 34.9 Å². The molecule has 2 heteroatoms. The summed E-state index contributed by atoms with van der Waals surface area (Å²) in [5.74, 6) is 0. The third kappa shape index (κ3) is 2.08. The van der Waals surface area contributed by atoms with E-state index >= 15 is 0 Å². The molecule has 0 heterocycles. The smallest absolute Gasteiger partial charge is 0.0704 e. The van der Waals surface area contributed by atoms with Crippen molar-refractivity contribution < 1.29 is 5.11 Å². The van der Waals surface area contributed by atoms with E-state index in [2.05, 4.69) is 0 Å². The molecule has 0 spiro atoms. The Hall–Kier alpha value is -0.860. The average Bonchev–Trinajstić information content (AvgIpc) is 2.08. The van der Waals surface area contributed by atoms with E-state index in [1.165, 1.54) is 11.1 Å². The molecule has 0 radical (unpaired) electrons. The van der Waals surface area contributed by atoms with E-state index in [4.69, 9.17) is 5.73 Å². The molecule has 0 fully saturated rings. The first-order valence-electron chi connectivity index (χ1n) is 4.53.